The summed E-state index contributed by atoms with van der Waals surface area (Å²) in [6.45, 7) is 2.31. The third kappa shape index (κ3) is 3.45. The highest BCUT2D eigenvalue weighted by Crippen LogP contribution is 2.34. The van der Waals surface area contributed by atoms with Gasteiger partial charge in [0.15, 0.2) is 0 Å². The Labute approximate surface area is 114 Å². The van der Waals surface area contributed by atoms with Crippen LogP contribution in [0.2, 0.25) is 5.02 Å². The molecule has 1 unspecified atom stereocenters. The Hall–Kier alpha value is -0.610. The molecule has 2 N–H and O–H groups in total. The van der Waals surface area contributed by atoms with Gasteiger partial charge in [0.05, 0.1) is 6.61 Å². The Bertz CT molecular complexity index is 365. The van der Waals surface area contributed by atoms with Crippen molar-refractivity contribution in [2.75, 3.05) is 26.8 Å². The molecule has 1 atom stereocenters. The lowest BCUT2D eigenvalue weighted by molar-refractivity contribution is 0.115. The van der Waals surface area contributed by atoms with E-state index >= 15 is 0 Å². The molecule has 18 heavy (non-hydrogen) atoms. The zero-order valence-corrected chi connectivity index (χ0v) is 11.6. The number of methoxy groups -OCH3 is 1. The van der Waals surface area contributed by atoms with Crippen LogP contribution in [0.25, 0.3) is 0 Å². The molecular formula is C14H21ClN2O. The molecule has 0 aliphatic heterocycles. The zero-order valence-electron chi connectivity index (χ0n) is 10.8. The minimum atomic E-state index is 0.268. The summed E-state index contributed by atoms with van der Waals surface area (Å²) < 4.78 is 5.20. The van der Waals surface area contributed by atoms with E-state index < -0.39 is 0 Å². The van der Waals surface area contributed by atoms with E-state index in [1.807, 2.05) is 12.1 Å². The van der Waals surface area contributed by atoms with Crippen molar-refractivity contribution in [3.05, 3.63) is 34.9 Å². The molecule has 0 spiro atoms. The predicted molar refractivity (Wildman–Crippen MR) is 74.9 cm³/mol. The summed E-state index contributed by atoms with van der Waals surface area (Å²) in [6.07, 6.45) is 2.54. The van der Waals surface area contributed by atoms with Crippen molar-refractivity contribution in [2.45, 2.75) is 24.9 Å². The molecule has 1 fully saturated rings. The quantitative estimate of drug-likeness (QED) is 0.826. The molecule has 0 saturated heterocycles. The van der Waals surface area contributed by atoms with Crippen LogP contribution in [0.1, 0.15) is 24.4 Å². The molecule has 100 valence electrons. The number of rotatable bonds is 7. The maximum absolute atomic E-state index is 5.97. The number of nitrogens with two attached hydrogens (primary N) is 1. The number of hydrogen-bond acceptors (Lipinski definition) is 3. The van der Waals surface area contributed by atoms with Gasteiger partial charge in [0.2, 0.25) is 0 Å². The molecule has 1 aromatic carbocycles. The third-order valence-electron chi connectivity index (χ3n) is 3.45. The fourth-order valence-electron chi connectivity index (χ4n) is 2.34. The average molecular weight is 269 g/mol. The molecule has 4 heteroatoms. The van der Waals surface area contributed by atoms with Gasteiger partial charge in [-0.25, -0.2) is 0 Å². The van der Waals surface area contributed by atoms with E-state index in [9.17, 15) is 0 Å². The minimum absolute atomic E-state index is 0.268. The van der Waals surface area contributed by atoms with E-state index in [0.717, 1.165) is 18.2 Å². The van der Waals surface area contributed by atoms with Gasteiger partial charge in [0, 0.05) is 37.3 Å². The maximum atomic E-state index is 5.97. The molecule has 1 aliphatic carbocycles. The lowest BCUT2D eigenvalue weighted by Crippen LogP contribution is -2.37. The first-order valence-electron chi connectivity index (χ1n) is 6.46. The third-order valence-corrected chi connectivity index (χ3v) is 3.70. The van der Waals surface area contributed by atoms with Gasteiger partial charge < -0.3 is 10.5 Å². The maximum Gasteiger partial charge on any atom is 0.0590 e. The summed E-state index contributed by atoms with van der Waals surface area (Å²) in [7, 11) is 1.74. The standard InChI is InChI=1S/C14H21ClN2O/c1-18-9-8-17(13-6-7-13)14(10-16)11-2-4-12(15)5-3-11/h2-5,13-14H,6-10,16H2,1H3. The second-order valence-corrected chi connectivity index (χ2v) is 5.20. The van der Waals surface area contributed by atoms with Gasteiger partial charge in [0.1, 0.15) is 0 Å². The lowest BCUT2D eigenvalue weighted by atomic mass is 10.1. The molecule has 0 amide bonds. The summed E-state index contributed by atoms with van der Waals surface area (Å²) in [6, 6.07) is 8.95. The normalized spacial score (nSPS) is 17.1. The van der Waals surface area contributed by atoms with Crippen LogP contribution < -0.4 is 5.73 Å². The molecule has 0 bridgehead atoms. The van der Waals surface area contributed by atoms with Gasteiger partial charge >= 0.3 is 0 Å². The Morgan fingerprint density at radius 3 is 2.56 bits per heavy atom. The van der Waals surface area contributed by atoms with E-state index in [0.29, 0.717) is 12.6 Å². The first kappa shape index (κ1) is 13.8. The fraction of sp³-hybridized carbons (Fsp3) is 0.571. The summed E-state index contributed by atoms with van der Waals surface area (Å²) in [4.78, 5) is 2.47. The number of benzene rings is 1. The first-order valence-corrected chi connectivity index (χ1v) is 6.84. The van der Waals surface area contributed by atoms with E-state index in [2.05, 4.69) is 17.0 Å². The van der Waals surface area contributed by atoms with Crippen LogP contribution >= 0.6 is 11.6 Å². The fourth-order valence-corrected chi connectivity index (χ4v) is 2.47. The van der Waals surface area contributed by atoms with E-state index in [4.69, 9.17) is 22.1 Å². The van der Waals surface area contributed by atoms with E-state index in [1.54, 1.807) is 7.11 Å². The van der Waals surface area contributed by atoms with Crippen LogP contribution in [-0.2, 0) is 4.74 Å². The van der Waals surface area contributed by atoms with Gasteiger partial charge in [-0.1, -0.05) is 23.7 Å². The van der Waals surface area contributed by atoms with Gasteiger partial charge in [-0.3, -0.25) is 4.90 Å². The van der Waals surface area contributed by atoms with Crippen LogP contribution in [0, 0.1) is 0 Å². The SMILES string of the molecule is COCCN(C1CC1)C(CN)c1ccc(Cl)cc1. The van der Waals surface area contributed by atoms with Crippen molar-refractivity contribution in [3.63, 3.8) is 0 Å². The van der Waals surface area contributed by atoms with E-state index in [1.165, 1.54) is 18.4 Å². The Balaban J connectivity index is 2.11. The second kappa shape index (κ2) is 6.53. The van der Waals surface area contributed by atoms with Crippen molar-refractivity contribution in [2.24, 2.45) is 5.73 Å². The highest BCUT2D eigenvalue weighted by molar-refractivity contribution is 6.30. The van der Waals surface area contributed by atoms with Gasteiger partial charge in [0.25, 0.3) is 0 Å². The molecule has 3 nitrogen and oxygen atoms in total. The number of nitrogens with zero attached hydrogens (tertiary/aromatic N) is 1. The summed E-state index contributed by atoms with van der Waals surface area (Å²) >= 11 is 5.93. The lowest BCUT2D eigenvalue weighted by Gasteiger charge is -2.31. The van der Waals surface area contributed by atoms with Crippen molar-refractivity contribution < 1.29 is 4.74 Å². The molecule has 0 radical (unpaired) electrons. The summed E-state index contributed by atoms with van der Waals surface area (Å²) in [5, 5.41) is 0.768. The summed E-state index contributed by atoms with van der Waals surface area (Å²) in [5.74, 6) is 0. The van der Waals surface area contributed by atoms with E-state index in [-0.39, 0.29) is 6.04 Å². The molecule has 0 aromatic heterocycles. The largest absolute Gasteiger partial charge is 0.383 e. The molecule has 1 aliphatic rings. The number of hydrogen-bond donors (Lipinski definition) is 1. The van der Waals surface area contributed by atoms with Gasteiger partial charge in [-0.05, 0) is 30.5 Å². The van der Waals surface area contributed by atoms with Crippen LogP contribution in [-0.4, -0.2) is 37.7 Å². The van der Waals surface area contributed by atoms with Crippen LogP contribution in [0.4, 0.5) is 0 Å². The molecule has 1 aromatic rings. The van der Waals surface area contributed by atoms with Crippen molar-refractivity contribution in [1.82, 2.24) is 4.90 Å². The predicted octanol–water partition coefficient (Wildman–Crippen LogP) is 2.45. The summed E-state index contributed by atoms with van der Waals surface area (Å²) in [5.41, 5.74) is 7.21. The van der Waals surface area contributed by atoms with Gasteiger partial charge in [-0.2, -0.15) is 0 Å². The number of halogens is 1. The van der Waals surface area contributed by atoms with Crippen LogP contribution in [0.5, 0.6) is 0 Å². The smallest absolute Gasteiger partial charge is 0.0590 e. The highest BCUT2D eigenvalue weighted by Gasteiger charge is 2.33. The average Bonchev–Trinajstić information content (AvgIpc) is 3.20. The molecule has 2 rings (SSSR count). The second-order valence-electron chi connectivity index (χ2n) is 4.76. The molecule has 1 saturated carbocycles. The van der Waals surface area contributed by atoms with Crippen molar-refractivity contribution >= 4 is 11.6 Å². The highest BCUT2D eigenvalue weighted by atomic mass is 35.5. The van der Waals surface area contributed by atoms with Crippen molar-refractivity contribution in [3.8, 4) is 0 Å². The van der Waals surface area contributed by atoms with Crippen molar-refractivity contribution in [1.29, 1.82) is 0 Å². The Kier molecular flexibility index (Phi) is 5.01. The molecule has 0 heterocycles. The van der Waals surface area contributed by atoms with Crippen LogP contribution in [0.3, 0.4) is 0 Å². The monoisotopic (exact) mass is 268 g/mol. The topological polar surface area (TPSA) is 38.5 Å². The van der Waals surface area contributed by atoms with Crippen LogP contribution in [0.15, 0.2) is 24.3 Å². The number of ether oxygens (including phenoxy) is 1. The first-order chi connectivity index (χ1) is 8.76. The Morgan fingerprint density at radius 1 is 1.39 bits per heavy atom. The van der Waals surface area contributed by atoms with Gasteiger partial charge in [-0.15, -0.1) is 0 Å². The minimum Gasteiger partial charge on any atom is -0.383 e. The zero-order chi connectivity index (χ0) is 13.0. The Morgan fingerprint density at radius 2 is 2.06 bits per heavy atom. The molecular weight excluding hydrogens is 248 g/mol.